The van der Waals surface area contributed by atoms with E-state index in [1.807, 2.05) is 38.1 Å². The van der Waals surface area contributed by atoms with Gasteiger partial charge >= 0.3 is 0 Å². The molecule has 1 N–H and O–H groups in total. The largest absolute Gasteiger partial charge is 0.493 e. The van der Waals surface area contributed by atoms with Crippen LogP contribution >= 0.6 is 0 Å². The number of rotatable bonds is 6. The molecule has 0 radical (unpaired) electrons. The molecule has 120 valence electrons. The second-order valence-corrected chi connectivity index (χ2v) is 4.85. The minimum absolute atomic E-state index is 0.205. The van der Waals surface area contributed by atoms with Crippen molar-refractivity contribution in [3.63, 3.8) is 0 Å². The Labute approximate surface area is 136 Å². The normalized spacial score (nSPS) is 10.6. The lowest BCUT2D eigenvalue weighted by molar-refractivity contribution is -0.111. The van der Waals surface area contributed by atoms with Gasteiger partial charge < -0.3 is 14.8 Å². The Morgan fingerprint density at radius 1 is 1.26 bits per heavy atom. The first-order valence-electron chi connectivity index (χ1n) is 7.35. The van der Waals surface area contributed by atoms with Gasteiger partial charge in [0.05, 0.1) is 13.7 Å². The van der Waals surface area contributed by atoms with Gasteiger partial charge in [-0.1, -0.05) is 6.07 Å². The van der Waals surface area contributed by atoms with E-state index in [-0.39, 0.29) is 5.91 Å². The van der Waals surface area contributed by atoms with Crippen molar-refractivity contribution >= 4 is 17.7 Å². The Morgan fingerprint density at radius 3 is 2.78 bits per heavy atom. The van der Waals surface area contributed by atoms with Gasteiger partial charge in [0.15, 0.2) is 11.5 Å². The van der Waals surface area contributed by atoms with E-state index in [2.05, 4.69) is 10.3 Å². The minimum atomic E-state index is -0.205. The summed E-state index contributed by atoms with van der Waals surface area (Å²) in [5, 5.41) is 2.79. The van der Waals surface area contributed by atoms with Gasteiger partial charge in [-0.2, -0.15) is 0 Å². The number of pyridine rings is 1. The zero-order valence-electron chi connectivity index (χ0n) is 13.5. The quantitative estimate of drug-likeness (QED) is 0.830. The molecule has 0 aliphatic rings. The highest BCUT2D eigenvalue weighted by Gasteiger charge is 2.04. The number of nitrogens with one attached hydrogen (secondary N) is 1. The van der Waals surface area contributed by atoms with Gasteiger partial charge in [-0.05, 0) is 49.8 Å². The van der Waals surface area contributed by atoms with Crippen LogP contribution in [-0.2, 0) is 4.79 Å². The van der Waals surface area contributed by atoms with E-state index in [1.54, 1.807) is 25.4 Å². The number of hydrogen-bond acceptors (Lipinski definition) is 4. The van der Waals surface area contributed by atoms with Crippen LogP contribution in [0.4, 0.5) is 5.69 Å². The summed E-state index contributed by atoms with van der Waals surface area (Å²) < 4.78 is 10.8. The fourth-order valence-corrected chi connectivity index (χ4v) is 2.04. The number of methoxy groups -OCH3 is 1. The zero-order valence-corrected chi connectivity index (χ0v) is 13.5. The number of hydrogen-bond donors (Lipinski definition) is 1. The zero-order chi connectivity index (χ0) is 16.7. The molecule has 2 aromatic rings. The predicted molar refractivity (Wildman–Crippen MR) is 90.8 cm³/mol. The molecule has 0 fully saturated rings. The van der Waals surface area contributed by atoms with E-state index in [9.17, 15) is 4.79 Å². The molecule has 0 unspecified atom stereocenters. The van der Waals surface area contributed by atoms with Gasteiger partial charge in [0.2, 0.25) is 5.91 Å². The first-order chi connectivity index (χ1) is 11.1. The van der Waals surface area contributed by atoms with Gasteiger partial charge in [-0.3, -0.25) is 9.78 Å². The van der Waals surface area contributed by atoms with Crippen LogP contribution < -0.4 is 14.8 Å². The summed E-state index contributed by atoms with van der Waals surface area (Å²) in [4.78, 5) is 16.0. The summed E-state index contributed by atoms with van der Waals surface area (Å²) in [6.07, 6.45) is 4.86. The van der Waals surface area contributed by atoms with Crippen LogP contribution in [-0.4, -0.2) is 24.6 Å². The van der Waals surface area contributed by atoms with Gasteiger partial charge in [0.25, 0.3) is 0 Å². The third kappa shape index (κ3) is 4.85. The van der Waals surface area contributed by atoms with Crippen LogP contribution in [0.3, 0.4) is 0 Å². The number of amides is 1. The summed E-state index contributed by atoms with van der Waals surface area (Å²) in [5.41, 5.74) is 2.42. The lowest BCUT2D eigenvalue weighted by atomic mass is 10.2. The highest BCUT2D eigenvalue weighted by molar-refractivity contribution is 6.01. The van der Waals surface area contributed by atoms with Crippen LogP contribution in [0.5, 0.6) is 11.5 Å². The van der Waals surface area contributed by atoms with Crippen molar-refractivity contribution in [2.75, 3.05) is 19.0 Å². The van der Waals surface area contributed by atoms with E-state index in [4.69, 9.17) is 9.47 Å². The standard InChI is InChI=1S/C18H20N2O3/c1-4-23-16-7-5-14(12-17(16)22-3)6-8-18(21)20-15-9-10-19-13(2)11-15/h5-12H,4H2,1-3H3,(H,19,20,21)/b8-6+. The van der Waals surface area contributed by atoms with E-state index in [0.29, 0.717) is 18.1 Å². The van der Waals surface area contributed by atoms with Crippen LogP contribution in [0, 0.1) is 6.92 Å². The second-order valence-electron chi connectivity index (χ2n) is 4.85. The maximum absolute atomic E-state index is 11.9. The number of nitrogens with zero attached hydrogens (tertiary/aromatic N) is 1. The van der Waals surface area contributed by atoms with Gasteiger partial charge in [0, 0.05) is 23.7 Å². The third-order valence-electron chi connectivity index (χ3n) is 3.08. The predicted octanol–water partition coefficient (Wildman–Crippen LogP) is 3.45. The Kier molecular flexibility index (Phi) is 5.74. The van der Waals surface area contributed by atoms with Gasteiger partial charge in [-0.25, -0.2) is 0 Å². The maximum Gasteiger partial charge on any atom is 0.248 e. The fourth-order valence-electron chi connectivity index (χ4n) is 2.04. The summed E-state index contributed by atoms with van der Waals surface area (Å²) >= 11 is 0. The van der Waals surface area contributed by atoms with Gasteiger partial charge in [0.1, 0.15) is 0 Å². The molecule has 0 saturated carbocycles. The molecule has 0 bridgehead atoms. The number of ether oxygens (including phenoxy) is 2. The Balaban J connectivity index is 2.05. The third-order valence-corrected chi connectivity index (χ3v) is 3.08. The summed E-state index contributed by atoms with van der Waals surface area (Å²) in [7, 11) is 1.59. The minimum Gasteiger partial charge on any atom is -0.493 e. The van der Waals surface area contributed by atoms with E-state index in [1.165, 1.54) is 6.08 Å². The molecule has 0 saturated heterocycles. The van der Waals surface area contributed by atoms with E-state index in [0.717, 1.165) is 16.9 Å². The molecule has 0 atom stereocenters. The van der Waals surface area contributed by atoms with E-state index < -0.39 is 0 Å². The Bertz CT molecular complexity index is 711. The molecule has 0 aliphatic carbocycles. The highest BCUT2D eigenvalue weighted by atomic mass is 16.5. The monoisotopic (exact) mass is 312 g/mol. The SMILES string of the molecule is CCOc1ccc(/C=C/C(=O)Nc2ccnc(C)c2)cc1OC. The number of aryl methyl sites for hydroxylation is 1. The second kappa shape index (κ2) is 7.98. The topological polar surface area (TPSA) is 60.5 Å². The summed E-state index contributed by atoms with van der Waals surface area (Å²) in [6, 6.07) is 9.08. The number of carbonyl (C=O) groups is 1. The van der Waals surface area contributed by atoms with Crippen LogP contribution in [0.2, 0.25) is 0 Å². The van der Waals surface area contributed by atoms with Crippen molar-refractivity contribution in [2.45, 2.75) is 13.8 Å². The number of anilines is 1. The first kappa shape index (κ1) is 16.5. The van der Waals surface area contributed by atoms with Crippen molar-refractivity contribution in [3.05, 3.63) is 53.9 Å². The van der Waals surface area contributed by atoms with Crippen molar-refractivity contribution in [3.8, 4) is 11.5 Å². The van der Waals surface area contributed by atoms with Gasteiger partial charge in [-0.15, -0.1) is 0 Å². The first-order valence-corrected chi connectivity index (χ1v) is 7.35. The molecule has 0 spiro atoms. The average molecular weight is 312 g/mol. The molecule has 1 heterocycles. The van der Waals surface area contributed by atoms with Crippen LogP contribution in [0.25, 0.3) is 6.08 Å². The van der Waals surface area contributed by atoms with Crippen molar-refractivity contribution in [2.24, 2.45) is 0 Å². The molecule has 23 heavy (non-hydrogen) atoms. The lowest BCUT2D eigenvalue weighted by Gasteiger charge is -2.09. The van der Waals surface area contributed by atoms with Crippen LogP contribution in [0.1, 0.15) is 18.2 Å². The molecule has 1 amide bonds. The fraction of sp³-hybridized carbons (Fsp3) is 0.222. The average Bonchev–Trinajstić information content (AvgIpc) is 2.54. The molecule has 1 aromatic heterocycles. The summed E-state index contributed by atoms with van der Waals surface area (Å²) in [5.74, 6) is 1.12. The Hall–Kier alpha value is -2.82. The number of carbonyl (C=O) groups excluding carboxylic acids is 1. The van der Waals surface area contributed by atoms with Crippen LogP contribution in [0.15, 0.2) is 42.6 Å². The van der Waals surface area contributed by atoms with Crippen molar-refractivity contribution < 1.29 is 14.3 Å². The molecule has 5 nitrogen and oxygen atoms in total. The highest BCUT2D eigenvalue weighted by Crippen LogP contribution is 2.28. The molecule has 1 aromatic carbocycles. The van der Waals surface area contributed by atoms with Crippen molar-refractivity contribution in [1.82, 2.24) is 4.98 Å². The Morgan fingerprint density at radius 2 is 2.09 bits per heavy atom. The number of aromatic nitrogens is 1. The maximum atomic E-state index is 11.9. The lowest BCUT2D eigenvalue weighted by Crippen LogP contribution is -2.07. The molecular weight excluding hydrogens is 292 g/mol. The smallest absolute Gasteiger partial charge is 0.248 e. The molecular formula is C18H20N2O3. The molecule has 2 rings (SSSR count). The molecule has 5 heteroatoms. The molecule has 0 aliphatic heterocycles. The number of benzene rings is 1. The van der Waals surface area contributed by atoms with E-state index >= 15 is 0 Å². The van der Waals surface area contributed by atoms with Crippen molar-refractivity contribution in [1.29, 1.82) is 0 Å². The summed E-state index contributed by atoms with van der Waals surface area (Å²) in [6.45, 7) is 4.36.